The summed E-state index contributed by atoms with van der Waals surface area (Å²) >= 11 is 10.9. The lowest BCUT2D eigenvalue weighted by atomic mass is 9.93. The monoisotopic (exact) mass is 224 g/mol. The molecule has 1 atom stereocenters. The Kier molecular flexibility index (Phi) is 6.17. The van der Waals surface area contributed by atoms with Crippen LogP contribution in [0.15, 0.2) is 10.6 Å². The van der Waals surface area contributed by atoms with Gasteiger partial charge in [0.15, 0.2) is 0 Å². The molecule has 0 aromatic carbocycles. The van der Waals surface area contributed by atoms with Gasteiger partial charge in [-0.25, -0.2) is 0 Å². The van der Waals surface area contributed by atoms with Crippen molar-refractivity contribution < 1.29 is 9.53 Å². The lowest BCUT2D eigenvalue weighted by molar-refractivity contribution is -0.146. The van der Waals surface area contributed by atoms with Gasteiger partial charge in [-0.1, -0.05) is 43.1 Å². The van der Waals surface area contributed by atoms with Gasteiger partial charge >= 0.3 is 5.97 Å². The third kappa shape index (κ3) is 5.17. The minimum atomic E-state index is -0.221. The van der Waals surface area contributed by atoms with Crippen molar-refractivity contribution in [3.63, 3.8) is 0 Å². The molecule has 13 heavy (non-hydrogen) atoms. The second kappa shape index (κ2) is 6.28. The lowest BCUT2D eigenvalue weighted by Gasteiger charge is -2.15. The van der Waals surface area contributed by atoms with Gasteiger partial charge in [0.05, 0.1) is 13.0 Å². The zero-order chi connectivity index (χ0) is 10.4. The van der Waals surface area contributed by atoms with E-state index in [-0.39, 0.29) is 22.3 Å². The van der Waals surface area contributed by atoms with Crippen molar-refractivity contribution in [2.45, 2.75) is 20.3 Å². The number of methoxy groups -OCH3 is 1. The largest absolute Gasteiger partial charge is 0.469 e. The van der Waals surface area contributed by atoms with Crippen molar-refractivity contribution in [2.75, 3.05) is 7.11 Å². The second-order valence-corrected chi connectivity index (χ2v) is 4.11. The number of ether oxygens (including phenoxy) is 1. The summed E-state index contributed by atoms with van der Waals surface area (Å²) in [6.45, 7) is 3.91. The highest BCUT2D eigenvalue weighted by molar-refractivity contribution is 6.55. The Balaban J connectivity index is 4.27. The fourth-order valence-corrected chi connectivity index (χ4v) is 1.19. The number of hydrogen-bond donors (Lipinski definition) is 0. The Labute approximate surface area is 88.9 Å². The smallest absolute Gasteiger partial charge is 0.309 e. The molecule has 0 amide bonds. The average Bonchev–Trinajstić information content (AvgIpc) is 2.03. The van der Waals surface area contributed by atoms with Gasteiger partial charge in [-0.3, -0.25) is 4.79 Å². The van der Waals surface area contributed by atoms with Crippen molar-refractivity contribution in [1.29, 1.82) is 0 Å². The highest BCUT2D eigenvalue weighted by Crippen LogP contribution is 2.20. The zero-order valence-corrected chi connectivity index (χ0v) is 9.52. The molecule has 1 unspecified atom stereocenters. The van der Waals surface area contributed by atoms with Crippen molar-refractivity contribution in [3.8, 4) is 0 Å². The Morgan fingerprint density at radius 3 is 2.31 bits per heavy atom. The number of carbonyl (C=O) groups is 1. The van der Waals surface area contributed by atoms with E-state index in [4.69, 9.17) is 23.2 Å². The van der Waals surface area contributed by atoms with E-state index in [2.05, 4.69) is 4.74 Å². The SMILES string of the molecule is COC(=O)C(CC=C(Cl)Cl)C(C)C. The summed E-state index contributed by atoms with van der Waals surface area (Å²) in [5.74, 6) is -0.172. The van der Waals surface area contributed by atoms with Gasteiger partial charge in [0.2, 0.25) is 0 Å². The standard InChI is InChI=1S/C9H14Cl2O2/c1-6(2)7(9(12)13-3)4-5-8(10)11/h5-7H,4H2,1-3H3. The summed E-state index contributed by atoms with van der Waals surface area (Å²) < 4.78 is 4.84. The van der Waals surface area contributed by atoms with Crippen LogP contribution in [0.4, 0.5) is 0 Å². The predicted molar refractivity (Wildman–Crippen MR) is 54.8 cm³/mol. The molecule has 2 nitrogen and oxygen atoms in total. The number of esters is 1. The maximum absolute atomic E-state index is 11.2. The Bertz CT molecular complexity index is 196. The fraction of sp³-hybridized carbons (Fsp3) is 0.667. The zero-order valence-electron chi connectivity index (χ0n) is 8.01. The van der Waals surface area contributed by atoms with Gasteiger partial charge in [0, 0.05) is 0 Å². The van der Waals surface area contributed by atoms with E-state index in [1.54, 1.807) is 6.08 Å². The molecule has 0 fully saturated rings. The summed E-state index contributed by atoms with van der Waals surface area (Å²) in [6, 6.07) is 0. The molecule has 0 aliphatic heterocycles. The number of halogens is 2. The molecule has 0 saturated carbocycles. The van der Waals surface area contributed by atoms with Gasteiger partial charge in [-0.05, 0) is 12.3 Å². The van der Waals surface area contributed by atoms with Crippen LogP contribution >= 0.6 is 23.2 Å². The fourth-order valence-electron chi connectivity index (χ4n) is 1.01. The van der Waals surface area contributed by atoms with Crippen LogP contribution in [0.3, 0.4) is 0 Å². The molecule has 0 aromatic heterocycles. The number of carbonyl (C=O) groups excluding carboxylic acids is 1. The lowest BCUT2D eigenvalue weighted by Crippen LogP contribution is -2.20. The second-order valence-electron chi connectivity index (χ2n) is 3.10. The molecule has 76 valence electrons. The normalized spacial score (nSPS) is 12.5. The van der Waals surface area contributed by atoms with E-state index in [1.165, 1.54) is 7.11 Å². The first-order chi connectivity index (χ1) is 5.99. The third-order valence-corrected chi connectivity index (χ3v) is 2.14. The maximum Gasteiger partial charge on any atom is 0.309 e. The van der Waals surface area contributed by atoms with E-state index in [0.717, 1.165) is 0 Å². The molecular formula is C9H14Cl2O2. The summed E-state index contributed by atoms with van der Waals surface area (Å²) in [5.41, 5.74) is 0. The first kappa shape index (κ1) is 12.8. The van der Waals surface area contributed by atoms with Crippen molar-refractivity contribution >= 4 is 29.2 Å². The third-order valence-electron chi connectivity index (χ3n) is 1.83. The average molecular weight is 225 g/mol. The molecule has 0 bridgehead atoms. The van der Waals surface area contributed by atoms with Crippen LogP contribution in [-0.4, -0.2) is 13.1 Å². The molecular weight excluding hydrogens is 211 g/mol. The van der Waals surface area contributed by atoms with Gasteiger partial charge in [-0.15, -0.1) is 0 Å². The van der Waals surface area contributed by atoms with E-state index in [0.29, 0.717) is 6.42 Å². The van der Waals surface area contributed by atoms with Crippen LogP contribution in [0.1, 0.15) is 20.3 Å². The number of hydrogen-bond acceptors (Lipinski definition) is 2. The van der Waals surface area contributed by atoms with Crippen LogP contribution in [0.2, 0.25) is 0 Å². The van der Waals surface area contributed by atoms with Crippen LogP contribution in [-0.2, 0) is 9.53 Å². The van der Waals surface area contributed by atoms with Gasteiger partial charge in [0.1, 0.15) is 4.49 Å². The molecule has 0 radical (unpaired) electrons. The molecule has 0 aliphatic rings. The molecule has 0 saturated heterocycles. The molecule has 0 heterocycles. The minimum Gasteiger partial charge on any atom is -0.469 e. The van der Waals surface area contributed by atoms with Crippen LogP contribution in [0.25, 0.3) is 0 Å². The van der Waals surface area contributed by atoms with Gasteiger partial charge in [0.25, 0.3) is 0 Å². The molecule has 0 spiro atoms. The summed E-state index contributed by atoms with van der Waals surface area (Å²) in [6.07, 6.45) is 2.14. The Hall–Kier alpha value is -0.210. The van der Waals surface area contributed by atoms with Crippen molar-refractivity contribution in [2.24, 2.45) is 11.8 Å². The van der Waals surface area contributed by atoms with Gasteiger partial charge < -0.3 is 4.74 Å². The van der Waals surface area contributed by atoms with E-state index >= 15 is 0 Å². The molecule has 0 rings (SSSR count). The van der Waals surface area contributed by atoms with Crippen molar-refractivity contribution in [1.82, 2.24) is 0 Å². The topological polar surface area (TPSA) is 26.3 Å². The van der Waals surface area contributed by atoms with Crippen molar-refractivity contribution in [3.05, 3.63) is 10.6 Å². The van der Waals surface area contributed by atoms with Crippen LogP contribution < -0.4 is 0 Å². The van der Waals surface area contributed by atoms with E-state index < -0.39 is 0 Å². The first-order valence-electron chi connectivity index (χ1n) is 4.08. The Morgan fingerprint density at radius 2 is 2.00 bits per heavy atom. The number of rotatable bonds is 4. The van der Waals surface area contributed by atoms with Gasteiger partial charge in [-0.2, -0.15) is 0 Å². The molecule has 0 N–H and O–H groups in total. The van der Waals surface area contributed by atoms with Crippen LogP contribution in [0, 0.1) is 11.8 Å². The summed E-state index contributed by atoms with van der Waals surface area (Å²) in [5, 5.41) is 0. The van der Waals surface area contributed by atoms with Crippen LogP contribution in [0.5, 0.6) is 0 Å². The Morgan fingerprint density at radius 1 is 1.46 bits per heavy atom. The quantitative estimate of drug-likeness (QED) is 0.687. The van der Waals surface area contributed by atoms with E-state index in [1.807, 2.05) is 13.8 Å². The first-order valence-corrected chi connectivity index (χ1v) is 4.83. The molecule has 4 heteroatoms. The summed E-state index contributed by atoms with van der Waals surface area (Å²) in [4.78, 5) is 11.2. The molecule has 0 aliphatic carbocycles. The highest BCUT2D eigenvalue weighted by Gasteiger charge is 2.21. The highest BCUT2D eigenvalue weighted by atomic mass is 35.5. The minimum absolute atomic E-state index is 0.169. The predicted octanol–water partition coefficient (Wildman–Crippen LogP) is 3.14. The maximum atomic E-state index is 11.2. The summed E-state index contributed by atoms with van der Waals surface area (Å²) in [7, 11) is 1.38. The molecule has 0 aromatic rings. The van der Waals surface area contributed by atoms with E-state index in [9.17, 15) is 4.79 Å². The number of allylic oxidation sites excluding steroid dienone is 1.